The first-order valence-corrected chi connectivity index (χ1v) is 11.7. The lowest BCUT2D eigenvalue weighted by Crippen LogP contribution is -2.41. The van der Waals surface area contributed by atoms with E-state index in [0.717, 1.165) is 5.56 Å². The van der Waals surface area contributed by atoms with Crippen LogP contribution in [0.3, 0.4) is 0 Å². The Kier molecular flexibility index (Phi) is 9.22. The molecule has 0 saturated heterocycles. The van der Waals surface area contributed by atoms with Crippen molar-refractivity contribution in [2.45, 2.75) is 31.2 Å². The maximum atomic E-state index is 12.7. The second kappa shape index (κ2) is 11.7. The number of benzene rings is 2. The van der Waals surface area contributed by atoms with Crippen molar-refractivity contribution in [2.24, 2.45) is 0 Å². The summed E-state index contributed by atoms with van der Waals surface area (Å²) < 4.78 is 37.2. The molecule has 1 atom stereocenters. The van der Waals surface area contributed by atoms with Gasteiger partial charge in [0.05, 0.1) is 24.5 Å². The predicted molar refractivity (Wildman–Crippen MR) is 123 cm³/mol. The van der Waals surface area contributed by atoms with Crippen LogP contribution in [-0.2, 0) is 24.3 Å². The summed E-state index contributed by atoms with van der Waals surface area (Å²) in [4.78, 5) is 26.3. The molecule has 2 aromatic rings. The Morgan fingerprint density at radius 3 is 2.45 bits per heavy atom. The quantitative estimate of drug-likeness (QED) is 0.504. The number of halogens is 1. The maximum Gasteiger partial charge on any atom is 0.324 e. The topological polar surface area (TPSA) is 126 Å². The highest BCUT2D eigenvalue weighted by molar-refractivity contribution is 7.89. The lowest BCUT2D eigenvalue weighted by molar-refractivity contribution is -0.149. The minimum absolute atomic E-state index is 0.0557. The fraction of sp³-hybridized carbons (Fsp3) is 0.318. The SMILES string of the molecule is COc1ccc(S(=O)(=O)N[C@@H](C)C(=O)OCC(=O)N(CCC#N)c2ccc(Cl)c(C)c2)cc1. The molecule has 0 aromatic heterocycles. The van der Waals surface area contributed by atoms with E-state index in [4.69, 9.17) is 26.3 Å². The van der Waals surface area contributed by atoms with Crippen LogP contribution in [-0.4, -0.2) is 46.6 Å². The number of nitrogens with zero attached hydrogens (tertiary/aromatic N) is 2. The van der Waals surface area contributed by atoms with E-state index in [1.54, 1.807) is 25.1 Å². The molecule has 1 amide bonds. The average Bonchev–Trinajstić information content (AvgIpc) is 2.79. The van der Waals surface area contributed by atoms with Crippen molar-refractivity contribution in [2.75, 3.05) is 25.2 Å². The zero-order valence-corrected chi connectivity index (χ0v) is 19.9. The van der Waals surface area contributed by atoms with Crippen molar-refractivity contribution in [3.8, 4) is 11.8 Å². The molecule has 0 aliphatic heterocycles. The molecule has 0 fully saturated rings. The summed E-state index contributed by atoms with van der Waals surface area (Å²) in [6, 6.07) is 11.3. The summed E-state index contributed by atoms with van der Waals surface area (Å²) in [6.45, 7) is 2.55. The number of hydrogen-bond donors (Lipinski definition) is 1. The molecule has 0 heterocycles. The van der Waals surface area contributed by atoms with Crippen LogP contribution in [0.1, 0.15) is 18.9 Å². The fourth-order valence-electron chi connectivity index (χ4n) is 2.80. The van der Waals surface area contributed by atoms with Gasteiger partial charge >= 0.3 is 5.97 Å². The highest BCUT2D eigenvalue weighted by Crippen LogP contribution is 2.23. The number of nitriles is 1. The van der Waals surface area contributed by atoms with Crippen molar-refractivity contribution in [1.82, 2.24) is 4.72 Å². The van der Waals surface area contributed by atoms with E-state index in [0.29, 0.717) is 16.5 Å². The lowest BCUT2D eigenvalue weighted by Gasteiger charge is -2.23. The molecule has 2 rings (SSSR count). The molecule has 0 saturated carbocycles. The summed E-state index contributed by atoms with van der Waals surface area (Å²) in [5.41, 5.74) is 1.24. The smallest absolute Gasteiger partial charge is 0.324 e. The Labute approximate surface area is 197 Å². The van der Waals surface area contributed by atoms with Gasteiger partial charge in [-0.2, -0.15) is 9.98 Å². The summed E-state index contributed by atoms with van der Waals surface area (Å²) in [5, 5.41) is 9.42. The molecule has 33 heavy (non-hydrogen) atoms. The number of carbonyl (C=O) groups excluding carboxylic acids is 2. The van der Waals surface area contributed by atoms with Gasteiger partial charge in [0.15, 0.2) is 6.61 Å². The molecular formula is C22H24ClN3O6S. The normalized spacial score (nSPS) is 11.8. The molecule has 0 aliphatic rings. The van der Waals surface area contributed by atoms with Crippen molar-refractivity contribution >= 4 is 39.2 Å². The molecule has 11 heteroatoms. The maximum absolute atomic E-state index is 12.7. The van der Waals surface area contributed by atoms with E-state index in [-0.39, 0.29) is 17.9 Å². The van der Waals surface area contributed by atoms with Crippen LogP contribution in [0.15, 0.2) is 47.4 Å². The van der Waals surface area contributed by atoms with Gasteiger partial charge in [-0.25, -0.2) is 8.42 Å². The van der Waals surface area contributed by atoms with Crippen molar-refractivity contribution in [1.29, 1.82) is 5.26 Å². The first-order chi connectivity index (χ1) is 15.6. The second-order valence-corrected chi connectivity index (χ2v) is 9.13. The van der Waals surface area contributed by atoms with Crippen LogP contribution in [0.4, 0.5) is 5.69 Å². The highest BCUT2D eigenvalue weighted by Gasteiger charge is 2.25. The van der Waals surface area contributed by atoms with Gasteiger partial charge in [-0.05, 0) is 61.9 Å². The van der Waals surface area contributed by atoms with Gasteiger partial charge in [0.25, 0.3) is 5.91 Å². The zero-order chi connectivity index (χ0) is 24.6. The molecule has 0 unspecified atom stereocenters. The fourth-order valence-corrected chi connectivity index (χ4v) is 4.11. The third-order valence-electron chi connectivity index (χ3n) is 4.59. The summed E-state index contributed by atoms with van der Waals surface area (Å²) in [7, 11) is -2.54. The molecule has 2 aromatic carbocycles. The van der Waals surface area contributed by atoms with E-state index in [1.165, 1.54) is 43.2 Å². The van der Waals surface area contributed by atoms with Gasteiger partial charge in [-0.3, -0.25) is 9.59 Å². The van der Waals surface area contributed by atoms with Crippen molar-refractivity contribution < 1.29 is 27.5 Å². The van der Waals surface area contributed by atoms with Crippen LogP contribution in [0, 0.1) is 18.3 Å². The summed E-state index contributed by atoms with van der Waals surface area (Å²) >= 11 is 6.03. The Bertz CT molecular complexity index is 1150. The van der Waals surface area contributed by atoms with Crippen LogP contribution in [0.25, 0.3) is 0 Å². The Hall–Kier alpha value is -3.13. The van der Waals surface area contributed by atoms with E-state index in [9.17, 15) is 18.0 Å². The van der Waals surface area contributed by atoms with Gasteiger partial charge in [-0.15, -0.1) is 0 Å². The van der Waals surface area contributed by atoms with Gasteiger partial charge in [-0.1, -0.05) is 11.6 Å². The van der Waals surface area contributed by atoms with Gasteiger partial charge < -0.3 is 14.4 Å². The monoisotopic (exact) mass is 493 g/mol. The summed E-state index contributed by atoms with van der Waals surface area (Å²) in [6.07, 6.45) is 0.0689. The average molecular weight is 494 g/mol. The Morgan fingerprint density at radius 2 is 1.88 bits per heavy atom. The number of carbonyl (C=O) groups is 2. The zero-order valence-electron chi connectivity index (χ0n) is 18.4. The molecule has 176 valence electrons. The number of esters is 1. The first kappa shape index (κ1) is 26.1. The highest BCUT2D eigenvalue weighted by atomic mass is 35.5. The number of nitrogens with one attached hydrogen (secondary N) is 1. The number of amides is 1. The van der Waals surface area contributed by atoms with Gasteiger partial charge in [0.1, 0.15) is 11.8 Å². The predicted octanol–water partition coefficient (Wildman–Crippen LogP) is 2.81. The number of ether oxygens (including phenoxy) is 2. The van der Waals surface area contributed by atoms with E-state index in [2.05, 4.69) is 4.72 Å². The Morgan fingerprint density at radius 1 is 1.21 bits per heavy atom. The largest absolute Gasteiger partial charge is 0.497 e. The molecule has 0 bridgehead atoms. The van der Waals surface area contributed by atoms with E-state index >= 15 is 0 Å². The van der Waals surface area contributed by atoms with Crippen LogP contribution in [0.2, 0.25) is 5.02 Å². The van der Waals surface area contributed by atoms with Gasteiger partial charge in [0, 0.05) is 17.3 Å². The van der Waals surface area contributed by atoms with Crippen molar-refractivity contribution in [3.05, 3.63) is 53.1 Å². The van der Waals surface area contributed by atoms with Gasteiger partial charge in [0.2, 0.25) is 10.0 Å². The minimum Gasteiger partial charge on any atom is -0.497 e. The van der Waals surface area contributed by atoms with E-state index in [1.807, 2.05) is 6.07 Å². The van der Waals surface area contributed by atoms with Crippen molar-refractivity contribution in [3.63, 3.8) is 0 Å². The minimum atomic E-state index is -4.00. The lowest BCUT2D eigenvalue weighted by atomic mass is 10.2. The second-order valence-electron chi connectivity index (χ2n) is 7.01. The number of aryl methyl sites for hydroxylation is 1. The Balaban J connectivity index is 2.03. The molecular weight excluding hydrogens is 470 g/mol. The standard InChI is InChI=1S/C22H24ClN3O6S/c1-15-13-17(5-10-20(15)23)26(12-4-11-24)21(27)14-32-22(28)16(2)25-33(29,30)19-8-6-18(31-3)7-9-19/h5-10,13,16,25H,4,12,14H2,1-3H3/t16-/m0/s1. The molecule has 9 nitrogen and oxygen atoms in total. The molecule has 0 aliphatic carbocycles. The number of sulfonamides is 1. The number of anilines is 1. The van der Waals surface area contributed by atoms with Crippen LogP contribution < -0.4 is 14.4 Å². The number of methoxy groups -OCH3 is 1. The third kappa shape index (κ3) is 7.18. The van der Waals surface area contributed by atoms with Crippen LogP contribution >= 0.6 is 11.6 Å². The first-order valence-electron chi connectivity index (χ1n) is 9.85. The number of hydrogen-bond acceptors (Lipinski definition) is 7. The van der Waals surface area contributed by atoms with E-state index < -0.39 is 34.5 Å². The van der Waals surface area contributed by atoms with Crippen LogP contribution in [0.5, 0.6) is 5.75 Å². The molecule has 1 N–H and O–H groups in total. The molecule has 0 spiro atoms. The summed E-state index contributed by atoms with van der Waals surface area (Å²) in [5.74, 6) is -1.00. The number of rotatable bonds is 10. The molecule has 0 radical (unpaired) electrons. The third-order valence-corrected chi connectivity index (χ3v) is 6.58.